The minimum Gasteiger partial charge on any atom is -0.497 e. The first kappa shape index (κ1) is 19.4. The molecule has 8 heteroatoms. The predicted molar refractivity (Wildman–Crippen MR) is 111 cm³/mol. The van der Waals surface area contributed by atoms with Gasteiger partial charge in [0.1, 0.15) is 5.75 Å². The number of aromatic nitrogens is 2. The molecule has 2 amide bonds. The standard InChI is InChI=1S/C22H19FN4O3/c1-30-17-9-6-14(7-10-17)20(28)26-19-4-2-3-11-22(19,23)21(29)25-16-8-5-15-13-24-27-18(15)12-16/h2-13,19H,1H3,(H,24,27)(H,25,29)(H,26,28). The van der Waals surface area contributed by atoms with E-state index in [-0.39, 0.29) is 0 Å². The molecule has 1 aliphatic rings. The number of nitrogens with zero attached hydrogens (tertiary/aromatic N) is 1. The number of hydrogen-bond acceptors (Lipinski definition) is 4. The number of rotatable bonds is 5. The van der Waals surface area contributed by atoms with Crippen molar-refractivity contribution in [1.29, 1.82) is 0 Å². The van der Waals surface area contributed by atoms with Gasteiger partial charge in [-0.25, -0.2) is 4.39 Å². The van der Waals surface area contributed by atoms with Gasteiger partial charge >= 0.3 is 0 Å². The van der Waals surface area contributed by atoms with E-state index >= 15 is 4.39 Å². The summed E-state index contributed by atoms with van der Waals surface area (Å²) >= 11 is 0. The van der Waals surface area contributed by atoms with E-state index in [9.17, 15) is 9.59 Å². The number of methoxy groups -OCH3 is 1. The Balaban J connectivity index is 1.52. The van der Waals surface area contributed by atoms with Crippen molar-refractivity contribution < 1.29 is 18.7 Å². The third-order valence-electron chi connectivity index (χ3n) is 4.89. The second-order valence-corrected chi connectivity index (χ2v) is 6.82. The highest BCUT2D eigenvalue weighted by molar-refractivity contribution is 6.02. The molecular weight excluding hydrogens is 387 g/mol. The fourth-order valence-electron chi connectivity index (χ4n) is 3.19. The normalized spacial score (nSPS) is 20.1. The number of ether oxygens (including phenoxy) is 1. The van der Waals surface area contributed by atoms with Crippen LogP contribution in [0.1, 0.15) is 10.4 Å². The lowest BCUT2D eigenvalue weighted by molar-refractivity contribution is -0.125. The molecule has 2 aromatic carbocycles. The van der Waals surface area contributed by atoms with Crippen molar-refractivity contribution in [2.75, 3.05) is 12.4 Å². The van der Waals surface area contributed by atoms with E-state index < -0.39 is 23.5 Å². The Hall–Kier alpha value is -3.94. The van der Waals surface area contributed by atoms with Crippen LogP contribution in [0.25, 0.3) is 10.9 Å². The average molecular weight is 406 g/mol. The molecule has 2 unspecified atom stereocenters. The summed E-state index contributed by atoms with van der Waals surface area (Å²) in [7, 11) is 1.52. The number of nitrogens with one attached hydrogen (secondary N) is 3. The molecule has 0 fully saturated rings. The Morgan fingerprint density at radius 2 is 1.97 bits per heavy atom. The van der Waals surface area contributed by atoms with Crippen molar-refractivity contribution in [2.45, 2.75) is 11.7 Å². The fraction of sp³-hybridized carbons (Fsp3) is 0.136. The van der Waals surface area contributed by atoms with Crippen LogP contribution in [0.3, 0.4) is 0 Å². The van der Waals surface area contributed by atoms with Gasteiger partial charge in [-0.3, -0.25) is 14.7 Å². The third kappa shape index (κ3) is 3.67. The lowest BCUT2D eigenvalue weighted by Crippen LogP contribution is -2.55. The number of amides is 2. The minimum absolute atomic E-state index is 0.325. The second-order valence-electron chi connectivity index (χ2n) is 6.82. The molecule has 3 N–H and O–H groups in total. The van der Waals surface area contributed by atoms with E-state index in [4.69, 9.17) is 4.74 Å². The summed E-state index contributed by atoms with van der Waals surface area (Å²) in [5, 5.41) is 12.8. The first-order valence-corrected chi connectivity index (χ1v) is 9.24. The molecular formula is C22H19FN4O3. The molecule has 3 aromatic rings. The summed E-state index contributed by atoms with van der Waals surface area (Å²) in [4.78, 5) is 25.4. The van der Waals surface area contributed by atoms with Gasteiger partial charge in [-0.15, -0.1) is 0 Å². The van der Waals surface area contributed by atoms with Crippen molar-refractivity contribution in [1.82, 2.24) is 15.5 Å². The van der Waals surface area contributed by atoms with Gasteiger partial charge in [0.15, 0.2) is 0 Å². The fourth-order valence-corrected chi connectivity index (χ4v) is 3.19. The summed E-state index contributed by atoms with van der Waals surface area (Å²) in [6.07, 6.45) is 7.25. The molecule has 7 nitrogen and oxygen atoms in total. The number of allylic oxidation sites excluding steroid dienone is 2. The Morgan fingerprint density at radius 1 is 1.17 bits per heavy atom. The first-order chi connectivity index (χ1) is 14.5. The van der Waals surface area contributed by atoms with Crippen molar-refractivity contribution in [2.24, 2.45) is 0 Å². The van der Waals surface area contributed by atoms with Crippen molar-refractivity contribution in [3.8, 4) is 5.75 Å². The predicted octanol–water partition coefficient (Wildman–Crippen LogP) is 3.14. The van der Waals surface area contributed by atoms with E-state index in [0.717, 1.165) is 11.5 Å². The van der Waals surface area contributed by atoms with Crippen LogP contribution in [0, 0.1) is 0 Å². The number of fused-ring (bicyclic) bond motifs is 1. The van der Waals surface area contributed by atoms with Gasteiger partial charge in [-0.05, 0) is 48.5 Å². The molecule has 1 aliphatic carbocycles. The average Bonchev–Trinajstić information content (AvgIpc) is 3.23. The van der Waals surface area contributed by atoms with Gasteiger partial charge in [-0.1, -0.05) is 18.2 Å². The molecule has 0 bridgehead atoms. The van der Waals surface area contributed by atoms with Crippen LogP contribution in [0.5, 0.6) is 5.75 Å². The number of aromatic amines is 1. The molecule has 0 saturated heterocycles. The van der Waals surface area contributed by atoms with Crippen molar-refractivity contribution in [3.63, 3.8) is 0 Å². The zero-order chi connectivity index (χ0) is 21.1. The molecule has 2 atom stereocenters. The molecule has 1 aromatic heterocycles. The van der Waals surface area contributed by atoms with E-state index in [1.807, 2.05) is 0 Å². The van der Waals surface area contributed by atoms with Crippen LogP contribution in [-0.4, -0.2) is 40.8 Å². The topological polar surface area (TPSA) is 96.1 Å². The van der Waals surface area contributed by atoms with Gasteiger partial charge in [-0.2, -0.15) is 5.10 Å². The van der Waals surface area contributed by atoms with Crippen LogP contribution in [0.2, 0.25) is 0 Å². The molecule has 0 radical (unpaired) electrons. The quantitative estimate of drug-likeness (QED) is 0.607. The maximum absolute atomic E-state index is 15.8. The number of benzene rings is 2. The lowest BCUT2D eigenvalue weighted by atomic mass is 9.90. The molecule has 30 heavy (non-hydrogen) atoms. The van der Waals surface area contributed by atoms with Crippen LogP contribution < -0.4 is 15.4 Å². The van der Waals surface area contributed by atoms with Gasteiger partial charge < -0.3 is 15.4 Å². The highest BCUT2D eigenvalue weighted by atomic mass is 19.1. The van der Waals surface area contributed by atoms with Crippen LogP contribution in [0.4, 0.5) is 10.1 Å². The third-order valence-corrected chi connectivity index (χ3v) is 4.89. The molecule has 1 heterocycles. The number of halogens is 1. The molecule has 0 saturated carbocycles. The van der Waals surface area contributed by atoms with E-state index in [1.54, 1.807) is 54.7 Å². The number of hydrogen-bond donors (Lipinski definition) is 3. The van der Waals surface area contributed by atoms with Gasteiger partial charge in [0.2, 0.25) is 5.67 Å². The molecule has 0 aliphatic heterocycles. The van der Waals surface area contributed by atoms with Gasteiger partial charge in [0.25, 0.3) is 11.8 Å². The Labute approximate surface area is 171 Å². The maximum Gasteiger partial charge on any atom is 0.268 e. The largest absolute Gasteiger partial charge is 0.497 e. The number of carbonyl (C=O) groups is 2. The summed E-state index contributed by atoms with van der Waals surface area (Å²) in [6, 6.07) is 10.3. The van der Waals surface area contributed by atoms with E-state index in [1.165, 1.54) is 19.3 Å². The smallest absolute Gasteiger partial charge is 0.268 e. The van der Waals surface area contributed by atoms with E-state index in [0.29, 0.717) is 22.5 Å². The van der Waals surface area contributed by atoms with E-state index in [2.05, 4.69) is 20.8 Å². The van der Waals surface area contributed by atoms with Crippen molar-refractivity contribution in [3.05, 3.63) is 78.5 Å². The first-order valence-electron chi connectivity index (χ1n) is 9.24. The van der Waals surface area contributed by atoms with Gasteiger partial charge in [0.05, 0.1) is 24.9 Å². The molecule has 152 valence electrons. The highest BCUT2D eigenvalue weighted by Crippen LogP contribution is 2.27. The maximum atomic E-state index is 15.8. The SMILES string of the molecule is COc1ccc(C(=O)NC2C=CC=CC2(F)C(=O)Nc2ccc3cn[nH]c3c2)cc1. The second kappa shape index (κ2) is 7.82. The monoisotopic (exact) mass is 406 g/mol. The van der Waals surface area contributed by atoms with Crippen LogP contribution in [0.15, 0.2) is 73.0 Å². The number of alkyl halides is 1. The minimum atomic E-state index is -2.46. The van der Waals surface area contributed by atoms with Gasteiger partial charge in [0, 0.05) is 16.6 Å². The Kier molecular flexibility index (Phi) is 5.05. The van der Waals surface area contributed by atoms with Crippen LogP contribution in [-0.2, 0) is 4.79 Å². The Bertz CT molecular complexity index is 1150. The Morgan fingerprint density at radius 3 is 2.73 bits per heavy atom. The summed E-state index contributed by atoms with van der Waals surface area (Å²) in [5.41, 5.74) is -1.01. The lowest BCUT2D eigenvalue weighted by Gasteiger charge is -2.30. The number of carbonyl (C=O) groups excluding carboxylic acids is 2. The highest BCUT2D eigenvalue weighted by Gasteiger charge is 2.45. The summed E-state index contributed by atoms with van der Waals surface area (Å²) in [6.45, 7) is 0. The number of H-pyrrole nitrogens is 1. The summed E-state index contributed by atoms with van der Waals surface area (Å²) in [5.74, 6) is -0.793. The van der Waals surface area contributed by atoms with Crippen molar-refractivity contribution >= 4 is 28.4 Å². The zero-order valence-corrected chi connectivity index (χ0v) is 16.1. The van der Waals surface area contributed by atoms with Crippen LogP contribution >= 0.6 is 0 Å². The molecule has 0 spiro atoms. The summed E-state index contributed by atoms with van der Waals surface area (Å²) < 4.78 is 20.8. The molecule has 4 rings (SSSR count). The zero-order valence-electron chi connectivity index (χ0n) is 16.1. The number of anilines is 1.